The first-order valence-electron chi connectivity index (χ1n) is 8.91. The number of hydrogen-bond donors (Lipinski definition) is 0. The quantitative estimate of drug-likeness (QED) is 0.568. The molecular weight excluding hydrogens is 308 g/mol. The summed E-state index contributed by atoms with van der Waals surface area (Å²) in [6, 6.07) is 17.1. The number of nitrogens with zero attached hydrogens (tertiary/aromatic N) is 2. The SMILES string of the molecule is Cc1ccc([C@@H](CCn2ccnc2)Oc2ccc(C(C)C)cc2)cc1. The number of benzene rings is 2. The predicted molar refractivity (Wildman–Crippen MR) is 102 cm³/mol. The van der Waals surface area contributed by atoms with Crippen molar-refractivity contribution >= 4 is 0 Å². The first-order valence-corrected chi connectivity index (χ1v) is 8.91. The summed E-state index contributed by atoms with van der Waals surface area (Å²) >= 11 is 0. The van der Waals surface area contributed by atoms with Crippen LogP contribution in [0.4, 0.5) is 0 Å². The van der Waals surface area contributed by atoms with Crippen molar-refractivity contribution in [3.05, 3.63) is 83.9 Å². The Hall–Kier alpha value is -2.55. The summed E-state index contributed by atoms with van der Waals surface area (Å²) in [5.41, 5.74) is 3.80. The monoisotopic (exact) mass is 334 g/mol. The Morgan fingerprint density at radius 2 is 1.64 bits per heavy atom. The number of rotatable bonds is 7. The molecule has 1 atom stereocenters. The molecule has 0 bridgehead atoms. The minimum atomic E-state index is 0.0212. The number of imidazole rings is 1. The molecule has 2 aromatic carbocycles. The van der Waals surface area contributed by atoms with Gasteiger partial charge in [-0.2, -0.15) is 0 Å². The van der Waals surface area contributed by atoms with Crippen LogP contribution in [-0.4, -0.2) is 9.55 Å². The molecule has 0 saturated carbocycles. The highest BCUT2D eigenvalue weighted by atomic mass is 16.5. The smallest absolute Gasteiger partial charge is 0.125 e. The third kappa shape index (κ3) is 4.72. The molecule has 0 amide bonds. The normalized spacial score (nSPS) is 12.3. The molecular formula is C22H26N2O. The van der Waals surface area contributed by atoms with Gasteiger partial charge in [-0.05, 0) is 36.1 Å². The van der Waals surface area contributed by atoms with Crippen molar-refractivity contribution in [1.82, 2.24) is 9.55 Å². The molecule has 0 fully saturated rings. The maximum absolute atomic E-state index is 6.34. The van der Waals surface area contributed by atoms with Crippen molar-refractivity contribution in [2.75, 3.05) is 0 Å². The lowest BCUT2D eigenvalue weighted by molar-refractivity contribution is 0.188. The Kier molecular flexibility index (Phi) is 5.54. The molecule has 0 saturated heterocycles. The van der Waals surface area contributed by atoms with Gasteiger partial charge in [0.25, 0.3) is 0 Å². The van der Waals surface area contributed by atoms with Crippen LogP contribution in [0.15, 0.2) is 67.3 Å². The highest BCUT2D eigenvalue weighted by Crippen LogP contribution is 2.27. The highest BCUT2D eigenvalue weighted by Gasteiger charge is 2.14. The first kappa shape index (κ1) is 17.3. The number of hydrogen-bond acceptors (Lipinski definition) is 2. The third-order valence-electron chi connectivity index (χ3n) is 4.48. The van der Waals surface area contributed by atoms with E-state index in [-0.39, 0.29) is 6.10 Å². The van der Waals surface area contributed by atoms with E-state index in [1.165, 1.54) is 16.7 Å². The second-order valence-corrected chi connectivity index (χ2v) is 6.83. The van der Waals surface area contributed by atoms with Crippen LogP contribution in [-0.2, 0) is 6.54 Å². The van der Waals surface area contributed by atoms with Crippen LogP contribution in [0.3, 0.4) is 0 Å². The van der Waals surface area contributed by atoms with Crippen molar-refractivity contribution in [2.24, 2.45) is 0 Å². The van der Waals surface area contributed by atoms with Gasteiger partial charge < -0.3 is 9.30 Å². The molecule has 0 radical (unpaired) electrons. The van der Waals surface area contributed by atoms with Gasteiger partial charge in [0, 0.05) is 25.4 Å². The maximum atomic E-state index is 6.34. The molecule has 0 N–H and O–H groups in total. The Balaban J connectivity index is 1.76. The van der Waals surface area contributed by atoms with Gasteiger partial charge in [0.15, 0.2) is 0 Å². The zero-order chi connectivity index (χ0) is 17.6. The van der Waals surface area contributed by atoms with Crippen molar-refractivity contribution in [3.63, 3.8) is 0 Å². The van der Waals surface area contributed by atoms with Crippen molar-refractivity contribution in [3.8, 4) is 5.75 Å². The summed E-state index contributed by atoms with van der Waals surface area (Å²) in [6.07, 6.45) is 6.57. The predicted octanol–water partition coefficient (Wildman–Crippen LogP) is 5.53. The Morgan fingerprint density at radius 3 is 2.24 bits per heavy atom. The molecule has 1 aromatic heterocycles. The summed E-state index contributed by atoms with van der Waals surface area (Å²) in [7, 11) is 0. The van der Waals surface area contributed by atoms with Gasteiger partial charge in [0.2, 0.25) is 0 Å². The molecule has 3 nitrogen and oxygen atoms in total. The molecule has 0 aliphatic rings. The lowest BCUT2D eigenvalue weighted by Gasteiger charge is -2.20. The minimum Gasteiger partial charge on any atom is -0.486 e. The molecule has 0 unspecified atom stereocenters. The maximum Gasteiger partial charge on any atom is 0.125 e. The second-order valence-electron chi connectivity index (χ2n) is 6.83. The van der Waals surface area contributed by atoms with Gasteiger partial charge in [-0.1, -0.05) is 55.8 Å². The lowest BCUT2D eigenvalue weighted by Crippen LogP contribution is -2.11. The van der Waals surface area contributed by atoms with E-state index in [4.69, 9.17) is 4.74 Å². The first-order chi connectivity index (χ1) is 12.1. The number of aromatic nitrogens is 2. The Labute approximate surface area is 150 Å². The number of aryl methyl sites for hydroxylation is 2. The summed E-state index contributed by atoms with van der Waals surface area (Å²) in [6.45, 7) is 7.39. The fourth-order valence-corrected chi connectivity index (χ4v) is 2.86. The van der Waals surface area contributed by atoms with Crippen LogP contribution in [0.25, 0.3) is 0 Å². The largest absolute Gasteiger partial charge is 0.486 e. The highest BCUT2D eigenvalue weighted by molar-refractivity contribution is 5.30. The number of ether oxygens (including phenoxy) is 1. The molecule has 3 rings (SSSR count). The molecule has 0 spiro atoms. The topological polar surface area (TPSA) is 27.1 Å². The van der Waals surface area contributed by atoms with E-state index in [1.54, 1.807) is 0 Å². The van der Waals surface area contributed by atoms with E-state index in [1.807, 2.05) is 18.7 Å². The molecule has 3 aromatic rings. The van der Waals surface area contributed by atoms with Gasteiger partial charge in [-0.25, -0.2) is 4.98 Å². The Bertz CT molecular complexity index is 759. The average molecular weight is 334 g/mol. The van der Waals surface area contributed by atoms with Gasteiger partial charge in [-0.15, -0.1) is 0 Å². The van der Waals surface area contributed by atoms with Gasteiger partial charge in [-0.3, -0.25) is 0 Å². The van der Waals surface area contributed by atoms with Crippen LogP contribution in [0.2, 0.25) is 0 Å². The van der Waals surface area contributed by atoms with E-state index in [9.17, 15) is 0 Å². The van der Waals surface area contributed by atoms with Crippen molar-refractivity contribution in [1.29, 1.82) is 0 Å². The van der Waals surface area contributed by atoms with Crippen LogP contribution in [0.5, 0.6) is 5.75 Å². The van der Waals surface area contributed by atoms with Gasteiger partial charge in [0.05, 0.1) is 6.33 Å². The summed E-state index contributed by atoms with van der Waals surface area (Å²) in [5.74, 6) is 1.45. The van der Waals surface area contributed by atoms with Crippen molar-refractivity contribution in [2.45, 2.75) is 45.8 Å². The summed E-state index contributed by atoms with van der Waals surface area (Å²) in [5, 5.41) is 0. The van der Waals surface area contributed by atoms with Crippen LogP contribution < -0.4 is 4.74 Å². The molecule has 130 valence electrons. The van der Waals surface area contributed by atoms with Crippen LogP contribution >= 0.6 is 0 Å². The summed E-state index contributed by atoms with van der Waals surface area (Å²) < 4.78 is 8.43. The Morgan fingerprint density at radius 1 is 0.960 bits per heavy atom. The zero-order valence-corrected chi connectivity index (χ0v) is 15.2. The molecule has 0 aliphatic heterocycles. The van der Waals surface area contributed by atoms with Crippen LogP contribution in [0.1, 0.15) is 49.0 Å². The fourth-order valence-electron chi connectivity index (χ4n) is 2.86. The molecule has 3 heteroatoms. The van der Waals surface area contributed by atoms with E-state index in [0.717, 1.165) is 18.7 Å². The average Bonchev–Trinajstić information content (AvgIpc) is 3.13. The van der Waals surface area contributed by atoms with Gasteiger partial charge in [0.1, 0.15) is 11.9 Å². The van der Waals surface area contributed by atoms with E-state index in [0.29, 0.717) is 5.92 Å². The van der Waals surface area contributed by atoms with Crippen molar-refractivity contribution < 1.29 is 4.74 Å². The summed E-state index contributed by atoms with van der Waals surface area (Å²) in [4.78, 5) is 4.12. The van der Waals surface area contributed by atoms with Gasteiger partial charge >= 0.3 is 0 Å². The fraction of sp³-hybridized carbons (Fsp3) is 0.318. The molecule has 1 heterocycles. The van der Waals surface area contributed by atoms with E-state index >= 15 is 0 Å². The third-order valence-corrected chi connectivity index (χ3v) is 4.48. The van der Waals surface area contributed by atoms with E-state index < -0.39 is 0 Å². The second kappa shape index (κ2) is 8.02. The molecule has 0 aliphatic carbocycles. The minimum absolute atomic E-state index is 0.0212. The lowest BCUT2D eigenvalue weighted by atomic mass is 10.0. The van der Waals surface area contributed by atoms with Crippen LogP contribution in [0, 0.1) is 6.92 Å². The standard InChI is InChI=1S/C22H26N2O/c1-17(2)19-8-10-21(11-9-19)25-22(12-14-24-15-13-23-16-24)20-6-4-18(3)5-7-20/h4-11,13,15-17,22H,12,14H2,1-3H3/t22-/m1/s1. The zero-order valence-electron chi connectivity index (χ0n) is 15.2. The van der Waals surface area contributed by atoms with E-state index in [2.05, 4.69) is 78.9 Å². The molecule has 25 heavy (non-hydrogen) atoms.